The van der Waals surface area contributed by atoms with E-state index in [1.54, 1.807) is 0 Å². The maximum Gasteiger partial charge on any atom is 0.323 e. The van der Waals surface area contributed by atoms with Crippen molar-refractivity contribution in [2.24, 2.45) is 17.8 Å². The highest BCUT2D eigenvalue weighted by molar-refractivity contribution is 9.10. The molecule has 19 heavy (non-hydrogen) atoms. The van der Waals surface area contributed by atoms with Gasteiger partial charge < -0.3 is 9.97 Å². The molecule has 3 unspecified atom stereocenters. The number of imidazole rings is 1. The number of benzene rings is 1. The Balaban J connectivity index is 1.72. The van der Waals surface area contributed by atoms with Crippen LogP contribution in [0.2, 0.25) is 0 Å². The monoisotopic (exact) mass is 340 g/mol. The van der Waals surface area contributed by atoms with Crippen LogP contribution in [0.4, 0.5) is 0 Å². The van der Waals surface area contributed by atoms with Crippen molar-refractivity contribution in [3.05, 3.63) is 32.7 Å². The zero-order valence-electron chi connectivity index (χ0n) is 10.2. The SMILES string of the molecule is O=c1[nH]c2cc(Br)c(C(Cl)C3CC4CC4C3)cc2[nH]1. The molecule has 0 saturated heterocycles. The van der Waals surface area contributed by atoms with Crippen molar-refractivity contribution >= 4 is 38.6 Å². The van der Waals surface area contributed by atoms with Crippen molar-refractivity contribution in [2.75, 3.05) is 0 Å². The highest BCUT2D eigenvalue weighted by Crippen LogP contribution is 2.58. The van der Waals surface area contributed by atoms with Crippen molar-refractivity contribution in [2.45, 2.75) is 24.6 Å². The number of hydrogen-bond donors (Lipinski definition) is 2. The summed E-state index contributed by atoms with van der Waals surface area (Å²) in [5, 5.41) is 0.0324. The quantitative estimate of drug-likeness (QED) is 0.799. The number of halogens is 2. The summed E-state index contributed by atoms with van der Waals surface area (Å²) in [5.41, 5.74) is 2.57. The van der Waals surface area contributed by atoms with E-state index >= 15 is 0 Å². The number of fused-ring (bicyclic) bond motifs is 2. The molecule has 2 saturated carbocycles. The van der Waals surface area contributed by atoms with E-state index < -0.39 is 0 Å². The number of aromatic nitrogens is 2. The fraction of sp³-hybridized carbons (Fsp3) is 0.500. The highest BCUT2D eigenvalue weighted by Gasteiger charge is 2.48. The lowest BCUT2D eigenvalue weighted by atomic mass is 9.94. The molecule has 2 aliphatic carbocycles. The van der Waals surface area contributed by atoms with Gasteiger partial charge in [0.1, 0.15) is 0 Å². The van der Waals surface area contributed by atoms with Gasteiger partial charge in [-0.05, 0) is 54.7 Å². The third-order valence-electron chi connectivity index (χ3n) is 4.62. The van der Waals surface area contributed by atoms with E-state index in [9.17, 15) is 4.79 Å². The number of aromatic amines is 2. The first kappa shape index (κ1) is 12.0. The molecule has 100 valence electrons. The Hall–Kier alpha value is -0.740. The lowest BCUT2D eigenvalue weighted by Crippen LogP contribution is -2.06. The van der Waals surface area contributed by atoms with E-state index in [0.717, 1.165) is 32.9 Å². The summed E-state index contributed by atoms with van der Waals surface area (Å²) in [4.78, 5) is 16.9. The second-order valence-corrected chi connectivity index (χ2v) is 7.21. The Bertz CT molecular complexity index is 697. The summed E-state index contributed by atoms with van der Waals surface area (Å²) < 4.78 is 0.982. The van der Waals surface area contributed by atoms with Gasteiger partial charge in [-0.1, -0.05) is 15.9 Å². The molecule has 0 spiro atoms. The van der Waals surface area contributed by atoms with Gasteiger partial charge in [0.05, 0.1) is 16.4 Å². The van der Waals surface area contributed by atoms with Gasteiger partial charge in [0.15, 0.2) is 0 Å². The van der Waals surface area contributed by atoms with Crippen molar-refractivity contribution < 1.29 is 0 Å². The molecule has 2 aliphatic rings. The van der Waals surface area contributed by atoms with Gasteiger partial charge in [0, 0.05) is 4.47 Å². The number of nitrogens with one attached hydrogen (secondary N) is 2. The molecule has 2 fully saturated rings. The third kappa shape index (κ3) is 1.96. The summed E-state index contributed by atoms with van der Waals surface area (Å²) in [6.45, 7) is 0. The first-order chi connectivity index (χ1) is 9.11. The largest absolute Gasteiger partial charge is 0.323 e. The molecule has 0 radical (unpaired) electrons. The minimum absolute atomic E-state index is 0.0324. The smallest absolute Gasteiger partial charge is 0.306 e. The fourth-order valence-electron chi connectivity index (χ4n) is 3.54. The van der Waals surface area contributed by atoms with E-state index in [1.165, 1.54) is 19.3 Å². The van der Waals surface area contributed by atoms with Crippen molar-refractivity contribution in [1.29, 1.82) is 0 Å². The molecule has 0 aliphatic heterocycles. The predicted octanol–water partition coefficient (Wildman–Crippen LogP) is 3.94. The van der Waals surface area contributed by atoms with Crippen LogP contribution in [0.15, 0.2) is 21.4 Å². The second-order valence-electron chi connectivity index (χ2n) is 5.89. The van der Waals surface area contributed by atoms with Crippen LogP contribution >= 0.6 is 27.5 Å². The Morgan fingerprint density at radius 1 is 1.16 bits per heavy atom. The van der Waals surface area contributed by atoms with Gasteiger partial charge in [0.25, 0.3) is 0 Å². The Morgan fingerprint density at radius 2 is 1.79 bits per heavy atom. The maximum absolute atomic E-state index is 11.3. The Morgan fingerprint density at radius 3 is 2.47 bits per heavy atom. The fourth-order valence-corrected chi connectivity index (χ4v) is 4.65. The minimum atomic E-state index is -0.174. The van der Waals surface area contributed by atoms with E-state index in [0.29, 0.717) is 5.92 Å². The average Bonchev–Trinajstić information content (AvgIpc) is 2.81. The number of alkyl halides is 1. The van der Waals surface area contributed by atoms with Gasteiger partial charge in [-0.2, -0.15) is 0 Å². The van der Waals surface area contributed by atoms with Crippen LogP contribution in [0, 0.1) is 17.8 Å². The predicted molar refractivity (Wildman–Crippen MR) is 79.5 cm³/mol. The molecule has 3 atom stereocenters. The van der Waals surface area contributed by atoms with Gasteiger partial charge in [-0.25, -0.2) is 4.79 Å². The van der Waals surface area contributed by atoms with Crippen molar-refractivity contribution in [3.8, 4) is 0 Å². The third-order valence-corrected chi connectivity index (χ3v) is 5.90. The molecule has 4 rings (SSSR count). The van der Waals surface area contributed by atoms with Gasteiger partial charge >= 0.3 is 5.69 Å². The molecular formula is C14H14BrClN2O. The standard InChI is InChI=1S/C14H14BrClN2O/c15-10-5-12-11(17-14(19)18-12)4-9(10)13(16)8-2-6-1-7(6)3-8/h4-8,13H,1-3H2,(H2,17,18,19). The first-order valence-corrected chi connectivity index (χ1v) is 7.90. The number of hydrogen-bond acceptors (Lipinski definition) is 1. The molecule has 1 aromatic heterocycles. The zero-order valence-corrected chi connectivity index (χ0v) is 12.6. The second kappa shape index (κ2) is 4.13. The van der Waals surface area contributed by atoms with Crippen molar-refractivity contribution in [3.63, 3.8) is 0 Å². The lowest BCUT2D eigenvalue weighted by Gasteiger charge is -2.20. The molecule has 0 amide bonds. The molecule has 5 heteroatoms. The minimum Gasteiger partial charge on any atom is -0.306 e. The molecule has 1 aromatic carbocycles. The summed E-state index contributed by atoms with van der Waals surface area (Å²) in [5.74, 6) is 2.44. The Kier molecular flexibility index (Phi) is 2.61. The molecule has 1 heterocycles. The summed E-state index contributed by atoms with van der Waals surface area (Å²) >= 11 is 10.3. The van der Waals surface area contributed by atoms with E-state index in [4.69, 9.17) is 11.6 Å². The summed E-state index contributed by atoms with van der Waals surface area (Å²) in [6.07, 6.45) is 3.92. The van der Waals surface area contributed by atoms with Crippen LogP contribution in [0.1, 0.15) is 30.2 Å². The molecule has 0 bridgehead atoms. The van der Waals surface area contributed by atoms with Gasteiger partial charge in [-0.3, -0.25) is 0 Å². The van der Waals surface area contributed by atoms with Crippen LogP contribution in [-0.4, -0.2) is 9.97 Å². The molecule has 2 aromatic rings. The van der Waals surface area contributed by atoms with Gasteiger partial charge in [-0.15, -0.1) is 11.6 Å². The lowest BCUT2D eigenvalue weighted by molar-refractivity contribution is 0.471. The van der Waals surface area contributed by atoms with E-state index in [-0.39, 0.29) is 11.1 Å². The number of H-pyrrole nitrogens is 2. The Labute approximate surface area is 123 Å². The van der Waals surface area contributed by atoms with E-state index in [2.05, 4.69) is 25.9 Å². The number of rotatable bonds is 2. The van der Waals surface area contributed by atoms with Crippen molar-refractivity contribution in [1.82, 2.24) is 9.97 Å². The van der Waals surface area contributed by atoms with Crippen LogP contribution in [0.25, 0.3) is 11.0 Å². The zero-order chi connectivity index (χ0) is 13.1. The molecular weight excluding hydrogens is 328 g/mol. The summed E-state index contributed by atoms with van der Waals surface area (Å²) in [7, 11) is 0. The van der Waals surface area contributed by atoms with Crippen LogP contribution in [0.5, 0.6) is 0 Å². The van der Waals surface area contributed by atoms with Gasteiger partial charge in [0.2, 0.25) is 0 Å². The van der Waals surface area contributed by atoms with Crippen LogP contribution in [-0.2, 0) is 0 Å². The normalized spacial score (nSPS) is 30.5. The topological polar surface area (TPSA) is 48.6 Å². The highest BCUT2D eigenvalue weighted by atomic mass is 79.9. The molecule has 3 nitrogen and oxygen atoms in total. The maximum atomic E-state index is 11.3. The average molecular weight is 342 g/mol. The molecule has 2 N–H and O–H groups in total. The first-order valence-electron chi connectivity index (χ1n) is 6.67. The van der Waals surface area contributed by atoms with Crippen LogP contribution in [0.3, 0.4) is 0 Å². The summed E-state index contributed by atoms with van der Waals surface area (Å²) in [6, 6.07) is 3.94. The van der Waals surface area contributed by atoms with Crippen LogP contribution < -0.4 is 5.69 Å². The van der Waals surface area contributed by atoms with E-state index in [1.807, 2.05) is 12.1 Å².